The first-order valence-electron chi connectivity index (χ1n) is 7.14. The van der Waals surface area contributed by atoms with Crippen molar-refractivity contribution in [2.75, 3.05) is 26.2 Å². The van der Waals surface area contributed by atoms with E-state index < -0.39 is 5.60 Å². The molecule has 1 rings (SSSR count). The number of aliphatic hydroxyl groups is 1. The van der Waals surface area contributed by atoms with Crippen LogP contribution in [0.3, 0.4) is 0 Å². The molecule has 1 unspecified atom stereocenters. The predicted molar refractivity (Wildman–Crippen MR) is 73.4 cm³/mol. The molecule has 0 radical (unpaired) electrons. The van der Waals surface area contributed by atoms with E-state index in [0.717, 1.165) is 25.9 Å². The topological polar surface area (TPSA) is 43.8 Å². The molecule has 1 heterocycles. The molecule has 18 heavy (non-hydrogen) atoms. The smallest absolute Gasteiger partial charge is 0.240 e. The Labute approximate surface area is 111 Å². The fraction of sp³-hybridized carbons (Fsp3) is 0.929. The van der Waals surface area contributed by atoms with Crippen LogP contribution in [0.25, 0.3) is 0 Å². The van der Waals surface area contributed by atoms with E-state index in [2.05, 4.69) is 11.8 Å². The van der Waals surface area contributed by atoms with Crippen LogP contribution in [0.15, 0.2) is 0 Å². The summed E-state index contributed by atoms with van der Waals surface area (Å²) in [4.78, 5) is 16.6. The van der Waals surface area contributed by atoms with E-state index in [1.807, 2.05) is 6.92 Å². The highest BCUT2D eigenvalue weighted by atomic mass is 16.3. The Hall–Kier alpha value is -0.610. The maximum absolute atomic E-state index is 12.5. The third kappa shape index (κ3) is 4.25. The Morgan fingerprint density at radius 1 is 1.39 bits per heavy atom. The van der Waals surface area contributed by atoms with E-state index in [1.165, 1.54) is 6.42 Å². The van der Waals surface area contributed by atoms with Crippen molar-refractivity contribution < 1.29 is 9.90 Å². The zero-order valence-electron chi connectivity index (χ0n) is 12.3. The van der Waals surface area contributed by atoms with Gasteiger partial charge in [-0.15, -0.1) is 0 Å². The van der Waals surface area contributed by atoms with E-state index in [0.29, 0.717) is 13.1 Å². The molecule has 1 atom stereocenters. The molecular formula is C14H28N2O2. The first kappa shape index (κ1) is 15.4. The quantitative estimate of drug-likeness (QED) is 0.810. The summed E-state index contributed by atoms with van der Waals surface area (Å²) in [6, 6.07) is 0.0195. The summed E-state index contributed by atoms with van der Waals surface area (Å²) in [7, 11) is 0. The number of nitrogens with zero attached hydrogens (tertiary/aromatic N) is 2. The molecule has 1 saturated heterocycles. The number of hydrogen-bond donors (Lipinski definition) is 1. The Kier molecular flexibility index (Phi) is 5.60. The molecule has 1 fully saturated rings. The molecule has 1 amide bonds. The standard InChI is InChI=1S/C14H28N2O2/c1-5-15-10-8-7-9-12(15)13(17)16(6-2)11-14(3,4)18/h12,18H,5-11H2,1-4H3. The van der Waals surface area contributed by atoms with Gasteiger partial charge in [0.15, 0.2) is 0 Å². The number of carbonyl (C=O) groups is 1. The third-order valence-corrected chi connectivity index (χ3v) is 3.58. The monoisotopic (exact) mass is 256 g/mol. The molecule has 0 bridgehead atoms. The first-order chi connectivity index (χ1) is 8.39. The van der Waals surface area contributed by atoms with Crippen LogP contribution in [0.1, 0.15) is 47.0 Å². The lowest BCUT2D eigenvalue weighted by molar-refractivity contribution is -0.141. The average molecular weight is 256 g/mol. The Morgan fingerprint density at radius 3 is 2.56 bits per heavy atom. The number of likely N-dealkylation sites (tertiary alicyclic amines) is 1. The molecule has 0 aliphatic carbocycles. The van der Waals surface area contributed by atoms with Crippen molar-refractivity contribution in [2.45, 2.75) is 58.6 Å². The van der Waals surface area contributed by atoms with Gasteiger partial charge in [-0.3, -0.25) is 9.69 Å². The SMILES string of the molecule is CCN(CC(C)(C)O)C(=O)C1CCCCN1CC. The highest BCUT2D eigenvalue weighted by Gasteiger charge is 2.32. The van der Waals surface area contributed by atoms with Crippen molar-refractivity contribution in [3.05, 3.63) is 0 Å². The second-order valence-corrected chi connectivity index (χ2v) is 5.81. The molecular weight excluding hydrogens is 228 g/mol. The van der Waals surface area contributed by atoms with Gasteiger partial charge in [-0.25, -0.2) is 0 Å². The summed E-state index contributed by atoms with van der Waals surface area (Å²) in [5.41, 5.74) is -0.822. The molecule has 4 nitrogen and oxygen atoms in total. The number of likely N-dealkylation sites (N-methyl/N-ethyl adjacent to an activating group) is 2. The number of hydrogen-bond acceptors (Lipinski definition) is 3. The van der Waals surface area contributed by atoms with Crippen LogP contribution < -0.4 is 0 Å². The van der Waals surface area contributed by atoms with Crippen LogP contribution in [-0.2, 0) is 4.79 Å². The normalized spacial score (nSPS) is 21.9. The van der Waals surface area contributed by atoms with Crippen molar-refractivity contribution in [2.24, 2.45) is 0 Å². The largest absolute Gasteiger partial charge is 0.389 e. The molecule has 0 aromatic carbocycles. The van der Waals surface area contributed by atoms with Gasteiger partial charge in [0.1, 0.15) is 0 Å². The van der Waals surface area contributed by atoms with Gasteiger partial charge in [0.25, 0.3) is 0 Å². The van der Waals surface area contributed by atoms with Crippen LogP contribution >= 0.6 is 0 Å². The van der Waals surface area contributed by atoms with Crippen LogP contribution in [0.2, 0.25) is 0 Å². The molecule has 4 heteroatoms. The zero-order chi connectivity index (χ0) is 13.8. The van der Waals surface area contributed by atoms with E-state index in [9.17, 15) is 9.90 Å². The second-order valence-electron chi connectivity index (χ2n) is 5.81. The van der Waals surface area contributed by atoms with Crippen LogP contribution in [0.4, 0.5) is 0 Å². The summed E-state index contributed by atoms with van der Waals surface area (Å²) in [6.07, 6.45) is 3.28. The summed E-state index contributed by atoms with van der Waals surface area (Å²) in [5, 5.41) is 9.88. The van der Waals surface area contributed by atoms with Crippen molar-refractivity contribution in [1.29, 1.82) is 0 Å². The van der Waals surface area contributed by atoms with Gasteiger partial charge >= 0.3 is 0 Å². The zero-order valence-corrected chi connectivity index (χ0v) is 12.3. The van der Waals surface area contributed by atoms with Crippen molar-refractivity contribution in [3.8, 4) is 0 Å². The summed E-state index contributed by atoms with van der Waals surface area (Å²) in [6.45, 7) is 10.6. The molecule has 1 N–H and O–H groups in total. The number of amides is 1. The number of piperidine rings is 1. The molecule has 0 aromatic rings. The fourth-order valence-corrected chi connectivity index (χ4v) is 2.67. The first-order valence-corrected chi connectivity index (χ1v) is 7.14. The highest BCUT2D eigenvalue weighted by molar-refractivity contribution is 5.82. The van der Waals surface area contributed by atoms with E-state index in [4.69, 9.17) is 0 Å². The predicted octanol–water partition coefficient (Wildman–Crippen LogP) is 1.48. The van der Waals surface area contributed by atoms with Crippen molar-refractivity contribution >= 4 is 5.91 Å². The van der Waals surface area contributed by atoms with Gasteiger partial charge in [-0.2, -0.15) is 0 Å². The van der Waals surface area contributed by atoms with Crippen LogP contribution in [0, 0.1) is 0 Å². The van der Waals surface area contributed by atoms with Crippen molar-refractivity contribution in [1.82, 2.24) is 9.80 Å². The summed E-state index contributed by atoms with van der Waals surface area (Å²) >= 11 is 0. The maximum atomic E-state index is 12.5. The van der Waals surface area contributed by atoms with Gasteiger partial charge in [0.2, 0.25) is 5.91 Å². The van der Waals surface area contributed by atoms with Gasteiger partial charge < -0.3 is 10.0 Å². The lowest BCUT2D eigenvalue weighted by Crippen LogP contribution is -2.53. The molecule has 1 aliphatic heterocycles. The van der Waals surface area contributed by atoms with Crippen molar-refractivity contribution in [3.63, 3.8) is 0 Å². The second kappa shape index (κ2) is 6.53. The summed E-state index contributed by atoms with van der Waals surface area (Å²) < 4.78 is 0. The van der Waals surface area contributed by atoms with Crippen LogP contribution in [0.5, 0.6) is 0 Å². The van der Waals surface area contributed by atoms with E-state index >= 15 is 0 Å². The maximum Gasteiger partial charge on any atom is 0.240 e. The van der Waals surface area contributed by atoms with Crippen LogP contribution in [-0.4, -0.2) is 58.6 Å². The van der Waals surface area contributed by atoms with Gasteiger partial charge in [0, 0.05) is 13.1 Å². The minimum atomic E-state index is -0.822. The molecule has 0 aromatic heterocycles. The Bertz CT molecular complexity index is 273. The Balaban J connectivity index is 2.69. The van der Waals surface area contributed by atoms with Gasteiger partial charge in [0.05, 0.1) is 11.6 Å². The van der Waals surface area contributed by atoms with E-state index in [1.54, 1.807) is 18.7 Å². The van der Waals surface area contributed by atoms with E-state index in [-0.39, 0.29) is 11.9 Å². The van der Waals surface area contributed by atoms with Gasteiger partial charge in [-0.05, 0) is 46.7 Å². The molecule has 1 aliphatic rings. The average Bonchev–Trinajstić information content (AvgIpc) is 2.34. The summed E-state index contributed by atoms with van der Waals surface area (Å²) in [5.74, 6) is 0.182. The molecule has 106 valence electrons. The third-order valence-electron chi connectivity index (χ3n) is 3.58. The fourth-order valence-electron chi connectivity index (χ4n) is 2.67. The highest BCUT2D eigenvalue weighted by Crippen LogP contribution is 2.19. The minimum absolute atomic E-state index is 0.0195. The minimum Gasteiger partial charge on any atom is -0.389 e. The Morgan fingerprint density at radius 2 is 2.06 bits per heavy atom. The number of rotatable bonds is 5. The van der Waals surface area contributed by atoms with Gasteiger partial charge in [-0.1, -0.05) is 13.3 Å². The molecule has 0 saturated carbocycles. The molecule has 0 spiro atoms. The lowest BCUT2D eigenvalue weighted by Gasteiger charge is -2.38. The number of carbonyl (C=O) groups excluding carboxylic acids is 1. The lowest BCUT2D eigenvalue weighted by atomic mass is 10.00.